The van der Waals surface area contributed by atoms with Crippen molar-refractivity contribution in [3.63, 3.8) is 0 Å². The van der Waals surface area contributed by atoms with Crippen molar-refractivity contribution < 1.29 is 14.5 Å². The Morgan fingerprint density at radius 3 is 2.66 bits per heavy atom. The topological polar surface area (TPSA) is 117 Å². The maximum absolute atomic E-state index is 13.0. The normalized spacial score (nSPS) is 15.5. The van der Waals surface area contributed by atoms with Crippen LogP contribution >= 0.6 is 0 Å². The lowest BCUT2D eigenvalue weighted by molar-refractivity contribution is -0.362. The summed E-state index contributed by atoms with van der Waals surface area (Å²) < 4.78 is 7.21. The van der Waals surface area contributed by atoms with Crippen LogP contribution in [-0.2, 0) is 24.0 Å². The average Bonchev–Trinajstić information content (AvgIpc) is 3.41. The van der Waals surface area contributed by atoms with E-state index in [2.05, 4.69) is 39.5 Å². The van der Waals surface area contributed by atoms with Gasteiger partial charge in [-0.15, -0.1) is 0 Å². The summed E-state index contributed by atoms with van der Waals surface area (Å²) in [6.07, 6.45) is 7.28. The molecule has 1 saturated heterocycles. The number of nitrogens with zero attached hydrogens (tertiary/aromatic N) is 3. The summed E-state index contributed by atoms with van der Waals surface area (Å²) in [6.45, 7) is 4.61. The van der Waals surface area contributed by atoms with Crippen molar-refractivity contribution in [2.24, 2.45) is 5.73 Å². The number of aromatic nitrogens is 3. The summed E-state index contributed by atoms with van der Waals surface area (Å²) in [6, 6.07) is 14.5. The van der Waals surface area contributed by atoms with Crippen molar-refractivity contribution in [1.82, 2.24) is 14.5 Å². The molecule has 1 fully saturated rings. The van der Waals surface area contributed by atoms with Crippen LogP contribution in [0.2, 0.25) is 0 Å². The van der Waals surface area contributed by atoms with Gasteiger partial charge in [-0.2, -0.15) is 0 Å². The van der Waals surface area contributed by atoms with E-state index in [1.807, 2.05) is 18.2 Å². The summed E-state index contributed by atoms with van der Waals surface area (Å²) >= 11 is 0. The molecule has 4 N–H and O–H groups in total. The van der Waals surface area contributed by atoms with Gasteiger partial charge in [0.25, 0.3) is 5.91 Å². The van der Waals surface area contributed by atoms with Crippen LogP contribution in [0.15, 0.2) is 59.7 Å². The molecule has 2 aromatic heterocycles. The number of fused-ring (bicyclic) bond motifs is 2. The molecule has 3 heterocycles. The molecule has 2 aromatic carbocycles. The Bertz CT molecular complexity index is 1560. The van der Waals surface area contributed by atoms with E-state index in [0.29, 0.717) is 17.0 Å². The highest BCUT2D eigenvalue weighted by atomic mass is 16.5. The second-order valence-electron chi connectivity index (χ2n) is 9.93. The van der Waals surface area contributed by atoms with Gasteiger partial charge in [0.2, 0.25) is 11.1 Å². The third-order valence-corrected chi connectivity index (χ3v) is 7.45. The number of hydrogen-bond acceptors (Lipinski definition) is 6. The number of aromatic amines is 1. The zero-order chi connectivity index (χ0) is 26.1. The Hall–Kier alpha value is -4.08. The largest absolute Gasteiger partial charge is 0.396 e. The molecule has 9 heteroatoms. The molecule has 1 aliphatic carbocycles. The van der Waals surface area contributed by atoms with E-state index >= 15 is 0 Å². The highest BCUT2D eigenvalue weighted by Gasteiger charge is 2.21. The zero-order valence-electron chi connectivity index (χ0n) is 21.2. The highest BCUT2D eigenvalue weighted by Crippen LogP contribution is 2.26. The minimum atomic E-state index is -0.761. The molecule has 0 saturated carbocycles. The third kappa shape index (κ3) is 4.90. The number of hydrogen-bond donors (Lipinski definition) is 2. The summed E-state index contributed by atoms with van der Waals surface area (Å²) in [7, 11) is 0. The second-order valence-corrected chi connectivity index (χ2v) is 9.93. The number of ether oxygens (including phenoxy) is 1. The summed E-state index contributed by atoms with van der Waals surface area (Å²) in [5.41, 5.74) is 11.1. The van der Waals surface area contributed by atoms with Crippen molar-refractivity contribution in [3.05, 3.63) is 87.3 Å². The molecule has 4 aromatic rings. The fraction of sp³-hybridized carbons (Fsp3) is 0.310. The van der Waals surface area contributed by atoms with Gasteiger partial charge in [0, 0.05) is 31.5 Å². The maximum Gasteiger partial charge on any atom is 0.396 e. The molecule has 194 valence electrons. The number of pyridine rings is 1. The van der Waals surface area contributed by atoms with Crippen molar-refractivity contribution >= 4 is 28.6 Å². The first kappa shape index (κ1) is 24.3. The van der Waals surface area contributed by atoms with Crippen molar-refractivity contribution in [2.45, 2.75) is 25.7 Å². The number of nitrogens with two attached hydrogens (primary N) is 1. The van der Waals surface area contributed by atoms with Crippen molar-refractivity contribution in [2.75, 3.05) is 38.2 Å². The number of benzene rings is 2. The van der Waals surface area contributed by atoms with Crippen LogP contribution in [0.5, 0.6) is 0 Å². The molecular weight excluding hydrogens is 480 g/mol. The number of H-pyrrole nitrogens is 1. The lowest BCUT2D eigenvalue weighted by atomic mass is 10.1. The van der Waals surface area contributed by atoms with Gasteiger partial charge in [-0.1, -0.05) is 23.2 Å². The van der Waals surface area contributed by atoms with E-state index in [9.17, 15) is 9.59 Å². The Morgan fingerprint density at radius 1 is 1.08 bits per heavy atom. The Balaban J connectivity index is 1.29. The number of carbonyl (C=O) groups is 1. The molecule has 0 unspecified atom stereocenters. The molecule has 0 atom stereocenters. The van der Waals surface area contributed by atoms with Gasteiger partial charge in [0.15, 0.2) is 0 Å². The first-order valence-corrected chi connectivity index (χ1v) is 13.1. The van der Waals surface area contributed by atoms with Gasteiger partial charge in [-0.25, -0.2) is 10.3 Å². The zero-order valence-corrected chi connectivity index (χ0v) is 21.2. The van der Waals surface area contributed by atoms with E-state index in [1.165, 1.54) is 22.9 Å². The number of morpholine rings is 1. The lowest BCUT2D eigenvalue weighted by Crippen LogP contribution is -2.37. The number of aryl methyl sites for hydroxylation is 2. The van der Waals surface area contributed by atoms with E-state index in [0.717, 1.165) is 69.9 Å². The van der Waals surface area contributed by atoms with Gasteiger partial charge >= 0.3 is 5.95 Å². The SMILES string of the molecule is NC(=O)c1cn(-c2ccc3c(c2)CCC3)c2nc(Nc3ccc(CCN4CCOCC4)cc3)[nH+]cc2c1=O. The van der Waals surface area contributed by atoms with Crippen LogP contribution < -0.4 is 21.5 Å². The van der Waals surface area contributed by atoms with Crippen LogP contribution in [0.25, 0.3) is 16.7 Å². The van der Waals surface area contributed by atoms with Gasteiger partial charge in [0.1, 0.15) is 10.9 Å². The fourth-order valence-electron chi connectivity index (χ4n) is 5.30. The first-order chi connectivity index (χ1) is 18.5. The van der Waals surface area contributed by atoms with Gasteiger partial charge in [-0.05, 0) is 66.6 Å². The summed E-state index contributed by atoms with van der Waals surface area (Å²) in [5, 5.41) is 3.60. The molecule has 1 aliphatic heterocycles. The van der Waals surface area contributed by atoms with Crippen LogP contribution in [-0.4, -0.2) is 53.2 Å². The monoisotopic (exact) mass is 511 g/mol. The number of nitrogens with one attached hydrogen (secondary N) is 2. The predicted molar refractivity (Wildman–Crippen MR) is 145 cm³/mol. The van der Waals surface area contributed by atoms with E-state index in [1.54, 1.807) is 10.8 Å². The van der Waals surface area contributed by atoms with Crippen molar-refractivity contribution in [3.8, 4) is 5.69 Å². The Morgan fingerprint density at radius 2 is 1.87 bits per heavy atom. The smallest absolute Gasteiger partial charge is 0.379 e. The van der Waals surface area contributed by atoms with Gasteiger partial charge < -0.3 is 10.5 Å². The maximum atomic E-state index is 13.0. The number of rotatable bonds is 7. The first-order valence-electron chi connectivity index (χ1n) is 13.1. The number of anilines is 2. The molecule has 9 nitrogen and oxygen atoms in total. The molecule has 1 amide bonds. The molecule has 2 aliphatic rings. The van der Waals surface area contributed by atoms with E-state index in [-0.39, 0.29) is 5.56 Å². The third-order valence-electron chi connectivity index (χ3n) is 7.45. The standard InChI is InChI=1S/C29H30N6O3/c30-27(37)25-18-35(23-9-6-20-2-1-3-21(20)16-23)28-24(26(25)36)17-31-29(33-28)32-22-7-4-19(5-8-22)10-11-34-12-14-38-15-13-34/h4-9,16-18H,1-3,10-15H2,(H2,30,37)(H,31,32,33)/p+1. The van der Waals surface area contributed by atoms with E-state index in [4.69, 9.17) is 15.5 Å². The van der Waals surface area contributed by atoms with Crippen LogP contribution in [0, 0.1) is 0 Å². The average molecular weight is 512 g/mol. The molecule has 0 bridgehead atoms. The number of primary amides is 1. The van der Waals surface area contributed by atoms with Gasteiger partial charge in [0.05, 0.1) is 25.1 Å². The Kier molecular flexibility index (Phi) is 6.61. The highest BCUT2D eigenvalue weighted by molar-refractivity contribution is 5.96. The van der Waals surface area contributed by atoms with Crippen LogP contribution in [0.3, 0.4) is 0 Å². The lowest BCUT2D eigenvalue weighted by Gasteiger charge is -2.26. The molecule has 0 radical (unpaired) electrons. The molecular formula is C29H31N6O3+. The second kappa shape index (κ2) is 10.4. The van der Waals surface area contributed by atoms with E-state index < -0.39 is 11.3 Å². The summed E-state index contributed by atoms with van der Waals surface area (Å²) in [4.78, 5) is 35.3. The minimum absolute atomic E-state index is 0.0680. The number of carbonyl (C=O) groups excluding carboxylic acids is 1. The van der Waals surface area contributed by atoms with Gasteiger partial charge in [-0.3, -0.25) is 19.1 Å². The summed E-state index contributed by atoms with van der Waals surface area (Å²) in [5.74, 6) is -0.276. The van der Waals surface area contributed by atoms with Crippen LogP contribution in [0.1, 0.15) is 33.5 Å². The molecule has 0 spiro atoms. The van der Waals surface area contributed by atoms with Crippen molar-refractivity contribution in [1.29, 1.82) is 0 Å². The Labute approximate surface area is 220 Å². The predicted octanol–water partition coefficient (Wildman–Crippen LogP) is 2.41. The molecule has 6 rings (SSSR count). The minimum Gasteiger partial charge on any atom is -0.379 e. The quantitative estimate of drug-likeness (QED) is 0.394. The fourth-order valence-corrected chi connectivity index (χ4v) is 5.30. The number of amides is 1. The van der Waals surface area contributed by atoms with Crippen LogP contribution in [0.4, 0.5) is 11.6 Å². The molecule has 38 heavy (non-hydrogen) atoms.